The molecule has 1 saturated heterocycles. The van der Waals surface area contributed by atoms with Gasteiger partial charge >= 0.3 is 0 Å². The van der Waals surface area contributed by atoms with E-state index in [0.717, 1.165) is 22.6 Å². The number of anilines is 1. The van der Waals surface area contributed by atoms with Gasteiger partial charge < -0.3 is 9.84 Å². The third-order valence-electron chi connectivity index (χ3n) is 5.76. The number of nitrogens with zero attached hydrogens (tertiary/aromatic N) is 2. The van der Waals surface area contributed by atoms with Crippen molar-refractivity contribution in [3.63, 3.8) is 0 Å². The van der Waals surface area contributed by atoms with Gasteiger partial charge in [0.25, 0.3) is 11.7 Å². The van der Waals surface area contributed by atoms with Crippen molar-refractivity contribution < 1.29 is 28.2 Å². The van der Waals surface area contributed by atoms with Crippen molar-refractivity contribution in [1.82, 2.24) is 4.98 Å². The molecule has 0 aliphatic carbocycles. The van der Waals surface area contributed by atoms with Crippen molar-refractivity contribution in [2.75, 3.05) is 12.0 Å². The first-order chi connectivity index (χ1) is 16.2. The first-order valence-electron chi connectivity index (χ1n) is 10.6. The number of Topliss-reactive ketones (excluding diaryl/α,β-unsaturated/α-hetero) is 1. The molecule has 1 fully saturated rings. The van der Waals surface area contributed by atoms with Crippen LogP contribution in [0.25, 0.3) is 5.76 Å². The van der Waals surface area contributed by atoms with E-state index >= 15 is 0 Å². The monoisotopic (exact) mass is 464 g/mol. The summed E-state index contributed by atoms with van der Waals surface area (Å²) in [5.74, 6) is -3.59. The molecule has 1 atom stereocenters. The molecule has 6 nitrogen and oxygen atoms in total. The Morgan fingerprint density at radius 3 is 2.38 bits per heavy atom. The molecule has 174 valence electrons. The quantitative estimate of drug-likeness (QED) is 0.322. The van der Waals surface area contributed by atoms with Gasteiger partial charge in [0.2, 0.25) is 0 Å². The summed E-state index contributed by atoms with van der Waals surface area (Å²) in [7, 11) is 1.53. The lowest BCUT2D eigenvalue weighted by molar-refractivity contribution is -0.132. The second-order valence-electron chi connectivity index (χ2n) is 8.16. The number of carbonyl (C=O) groups is 2. The van der Waals surface area contributed by atoms with Crippen LogP contribution in [-0.4, -0.2) is 28.9 Å². The number of ether oxygens (including phenoxy) is 1. The number of rotatable bonds is 5. The molecule has 2 aromatic carbocycles. The van der Waals surface area contributed by atoms with E-state index in [-0.39, 0.29) is 17.2 Å². The molecular weight excluding hydrogens is 442 g/mol. The molecule has 1 unspecified atom stereocenters. The molecule has 3 aromatic rings. The number of hydrogen-bond acceptors (Lipinski definition) is 5. The van der Waals surface area contributed by atoms with E-state index in [1.807, 2.05) is 13.8 Å². The summed E-state index contributed by atoms with van der Waals surface area (Å²) in [5, 5.41) is 11.3. The van der Waals surface area contributed by atoms with E-state index in [4.69, 9.17) is 4.74 Å². The highest BCUT2D eigenvalue weighted by molar-refractivity contribution is 6.51. The number of methoxy groups -OCH3 is 1. The van der Waals surface area contributed by atoms with Crippen LogP contribution >= 0.6 is 0 Å². The van der Waals surface area contributed by atoms with Crippen molar-refractivity contribution in [2.45, 2.75) is 25.8 Å². The highest BCUT2D eigenvalue weighted by Gasteiger charge is 2.47. The van der Waals surface area contributed by atoms with Gasteiger partial charge in [0, 0.05) is 24.0 Å². The van der Waals surface area contributed by atoms with Crippen molar-refractivity contribution in [1.29, 1.82) is 0 Å². The van der Waals surface area contributed by atoms with Gasteiger partial charge in [-0.15, -0.1) is 0 Å². The maximum Gasteiger partial charge on any atom is 0.300 e. The van der Waals surface area contributed by atoms with Crippen molar-refractivity contribution in [3.8, 4) is 5.75 Å². The van der Waals surface area contributed by atoms with Crippen LogP contribution < -0.4 is 9.64 Å². The minimum absolute atomic E-state index is 0.0504. The summed E-state index contributed by atoms with van der Waals surface area (Å²) in [6.07, 6.45) is 2.92. The fourth-order valence-electron chi connectivity index (χ4n) is 4.11. The van der Waals surface area contributed by atoms with Crippen LogP contribution in [-0.2, 0) is 9.59 Å². The van der Waals surface area contributed by atoms with Crippen molar-refractivity contribution >= 4 is 23.1 Å². The molecule has 4 rings (SSSR count). The fraction of sp³-hybridized carbons (Fsp3) is 0.192. The van der Waals surface area contributed by atoms with E-state index < -0.39 is 35.1 Å². The van der Waals surface area contributed by atoms with E-state index in [0.29, 0.717) is 22.9 Å². The van der Waals surface area contributed by atoms with Gasteiger partial charge in [-0.3, -0.25) is 19.5 Å². The molecule has 8 heteroatoms. The number of ketones is 1. The Bertz CT molecular complexity index is 1310. The number of aliphatic hydroxyl groups is 1. The summed E-state index contributed by atoms with van der Waals surface area (Å²) >= 11 is 0. The first-order valence-corrected chi connectivity index (χ1v) is 10.6. The lowest BCUT2D eigenvalue weighted by atomic mass is 9.93. The summed E-state index contributed by atoms with van der Waals surface area (Å²) in [6.45, 7) is 3.91. The van der Waals surface area contributed by atoms with Gasteiger partial charge in [0.05, 0.1) is 24.4 Å². The van der Waals surface area contributed by atoms with Crippen LogP contribution in [0.4, 0.5) is 14.5 Å². The second-order valence-corrected chi connectivity index (χ2v) is 8.16. The Labute approximate surface area is 195 Å². The van der Waals surface area contributed by atoms with Gasteiger partial charge in [0.1, 0.15) is 23.1 Å². The number of pyridine rings is 1. The number of carbonyl (C=O) groups excluding carboxylic acids is 2. The van der Waals surface area contributed by atoms with Crippen LogP contribution in [0.2, 0.25) is 0 Å². The van der Waals surface area contributed by atoms with Gasteiger partial charge in [0.15, 0.2) is 0 Å². The lowest BCUT2D eigenvalue weighted by Crippen LogP contribution is -2.30. The average Bonchev–Trinajstić information content (AvgIpc) is 3.09. The Balaban J connectivity index is 1.95. The Morgan fingerprint density at radius 1 is 1.06 bits per heavy atom. The molecule has 1 amide bonds. The van der Waals surface area contributed by atoms with Crippen LogP contribution in [0.15, 0.2) is 66.5 Å². The fourth-order valence-corrected chi connectivity index (χ4v) is 4.11. The number of benzene rings is 2. The van der Waals surface area contributed by atoms with E-state index in [1.54, 1.807) is 30.3 Å². The smallest absolute Gasteiger partial charge is 0.300 e. The predicted octanol–water partition coefficient (Wildman–Crippen LogP) is 5.12. The Morgan fingerprint density at radius 2 is 1.76 bits per heavy atom. The number of aliphatic hydroxyl groups excluding tert-OH is 1. The summed E-state index contributed by atoms with van der Waals surface area (Å²) in [5.41, 5.74) is 1.05. The van der Waals surface area contributed by atoms with E-state index in [2.05, 4.69) is 4.98 Å². The highest BCUT2D eigenvalue weighted by Crippen LogP contribution is 2.43. The SMILES string of the molecule is COc1ccc(/C(O)=C2/C(=O)C(=O)N(c3ccc(F)cc3F)C2c2ccncc2)cc1C(C)C. The van der Waals surface area contributed by atoms with Gasteiger partial charge in [-0.25, -0.2) is 8.78 Å². The first kappa shape index (κ1) is 23.1. The predicted molar refractivity (Wildman–Crippen MR) is 122 cm³/mol. The molecule has 1 aliphatic heterocycles. The lowest BCUT2D eigenvalue weighted by Gasteiger charge is -2.25. The van der Waals surface area contributed by atoms with Crippen LogP contribution in [0, 0.1) is 11.6 Å². The van der Waals surface area contributed by atoms with E-state index in [1.165, 1.54) is 19.5 Å². The molecule has 0 spiro atoms. The standard InChI is InChI=1S/C26H22F2N2O4/c1-14(2)18-12-16(4-7-21(18)34-3)24(31)22-23(15-8-10-29-11-9-15)30(26(33)25(22)32)20-6-5-17(27)13-19(20)28/h4-14,23,31H,1-3H3/b24-22-. The third kappa shape index (κ3) is 3.91. The minimum Gasteiger partial charge on any atom is -0.507 e. The highest BCUT2D eigenvalue weighted by atomic mass is 19.1. The zero-order valence-corrected chi connectivity index (χ0v) is 18.8. The minimum atomic E-state index is -1.15. The number of aromatic nitrogens is 1. The second kappa shape index (κ2) is 9.05. The van der Waals surface area contributed by atoms with Crippen molar-refractivity contribution in [2.24, 2.45) is 0 Å². The van der Waals surface area contributed by atoms with Crippen LogP contribution in [0.5, 0.6) is 5.75 Å². The normalized spacial score (nSPS) is 17.5. The molecule has 1 aromatic heterocycles. The molecule has 1 N–H and O–H groups in total. The number of halogens is 2. The zero-order valence-electron chi connectivity index (χ0n) is 18.8. The van der Waals surface area contributed by atoms with E-state index in [9.17, 15) is 23.5 Å². The molecule has 1 aliphatic rings. The van der Waals surface area contributed by atoms with Crippen molar-refractivity contribution in [3.05, 3.63) is 94.8 Å². The molecular formula is C26H22F2N2O4. The molecule has 0 radical (unpaired) electrons. The molecule has 34 heavy (non-hydrogen) atoms. The maximum atomic E-state index is 14.7. The van der Waals surface area contributed by atoms with Crippen LogP contribution in [0.3, 0.4) is 0 Å². The molecule has 2 heterocycles. The molecule has 0 saturated carbocycles. The number of amides is 1. The topological polar surface area (TPSA) is 79.7 Å². The Kier molecular flexibility index (Phi) is 6.15. The summed E-state index contributed by atoms with van der Waals surface area (Å²) < 4.78 is 33.6. The maximum absolute atomic E-state index is 14.7. The number of hydrogen-bond donors (Lipinski definition) is 1. The van der Waals surface area contributed by atoms with Gasteiger partial charge in [-0.05, 0) is 59.5 Å². The third-order valence-corrected chi connectivity index (χ3v) is 5.76. The zero-order chi connectivity index (χ0) is 24.6. The van der Waals surface area contributed by atoms with Gasteiger partial charge in [-0.1, -0.05) is 13.8 Å². The largest absolute Gasteiger partial charge is 0.507 e. The van der Waals surface area contributed by atoms with Crippen LogP contribution in [0.1, 0.15) is 42.5 Å². The summed E-state index contributed by atoms with van der Waals surface area (Å²) in [6, 6.07) is 9.64. The van der Waals surface area contributed by atoms with Gasteiger partial charge in [-0.2, -0.15) is 0 Å². The molecule has 0 bridgehead atoms. The Hall–Kier alpha value is -4.07. The average molecular weight is 464 g/mol. The summed E-state index contributed by atoms with van der Waals surface area (Å²) in [4.78, 5) is 31.1.